The maximum absolute atomic E-state index is 5.24. The van der Waals surface area contributed by atoms with Gasteiger partial charge in [-0.15, -0.1) is 11.3 Å². The van der Waals surface area contributed by atoms with Gasteiger partial charge in [0, 0.05) is 15.5 Å². The third-order valence-electron chi connectivity index (χ3n) is 2.75. The zero-order valence-electron chi connectivity index (χ0n) is 10.8. The fourth-order valence-electron chi connectivity index (χ4n) is 1.71. The van der Waals surface area contributed by atoms with Gasteiger partial charge in [0.25, 0.3) is 0 Å². The number of nitrogens with zero attached hydrogens (tertiary/aromatic N) is 2. The van der Waals surface area contributed by atoms with Crippen LogP contribution in [-0.2, 0) is 6.54 Å². The topological polar surface area (TPSA) is 51.0 Å². The van der Waals surface area contributed by atoms with Gasteiger partial charge >= 0.3 is 0 Å². The molecule has 0 saturated heterocycles. The van der Waals surface area contributed by atoms with Gasteiger partial charge in [-0.1, -0.05) is 22.9 Å². The third kappa shape index (κ3) is 3.08. The number of aryl methyl sites for hydroxylation is 1. The molecule has 4 nitrogen and oxygen atoms in total. The Kier molecular flexibility index (Phi) is 3.84. The van der Waals surface area contributed by atoms with Crippen LogP contribution in [0.5, 0.6) is 0 Å². The molecule has 0 aliphatic heterocycles. The Morgan fingerprint density at radius 1 is 1.30 bits per heavy atom. The summed E-state index contributed by atoms with van der Waals surface area (Å²) in [7, 11) is 0. The van der Waals surface area contributed by atoms with Crippen LogP contribution in [0.4, 0.5) is 5.69 Å². The van der Waals surface area contributed by atoms with Gasteiger partial charge < -0.3 is 9.84 Å². The number of halogens is 1. The molecule has 0 saturated carbocycles. The van der Waals surface area contributed by atoms with Crippen molar-refractivity contribution < 1.29 is 4.52 Å². The molecule has 0 aliphatic rings. The van der Waals surface area contributed by atoms with Crippen molar-refractivity contribution in [3.05, 3.63) is 51.6 Å². The van der Waals surface area contributed by atoms with Crippen LogP contribution in [0.1, 0.15) is 11.5 Å². The van der Waals surface area contributed by atoms with Crippen molar-refractivity contribution in [3.8, 4) is 10.7 Å². The van der Waals surface area contributed by atoms with Crippen molar-refractivity contribution in [3.63, 3.8) is 0 Å². The van der Waals surface area contributed by atoms with E-state index >= 15 is 0 Å². The van der Waals surface area contributed by atoms with Crippen molar-refractivity contribution >= 4 is 33.0 Å². The zero-order chi connectivity index (χ0) is 13.9. The molecule has 0 fully saturated rings. The molecule has 0 aliphatic carbocycles. The Hall–Kier alpha value is -1.66. The van der Waals surface area contributed by atoms with Gasteiger partial charge in [-0.05, 0) is 41.1 Å². The molecule has 3 aromatic rings. The molecule has 3 rings (SSSR count). The highest BCUT2D eigenvalue weighted by Crippen LogP contribution is 2.27. The van der Waals surface area contributed by atoms with Crippen LogP contribution in [0.25, 0.3) is 10.7 Å². The largest absolute Gasteiger partial charge is 0.376 e. The summed E-state index contributed by atoms with van der Waals surface area (Å²) in [5.41, 5.74) is 2.27. The Labute approximate surface area is 129 Å². The fraction of sp³-hybridized carbons (Fsp3) is 0.143. The lowest BCUT2D eigenvalue weighted by Crippen LogP contribution is -1.99. The number of hydrogen-bond donors (Lipinski definition) is 1. The van der Waals surface area contributed by atoms with Crippen molar-refractivity contribution in [2.24, 2.45) is 0 Å². The Balaban J connectivity index is 1.67. The molecule has 0 bridgehead atoms. The average Bonchev–Trinajstić information content (AvgIpc) is 3.07. The first-order chi connectivity index (χ1) is 9.70. The van der Waals surface area contributed by atoms with Gasteiger partial charge in [-0.3, -0.25) is 0 Å². The van der Waals surface area contributed by atoms with E-state index in [4.69, 9.17) is 4.52 Å². The van der Waals surface area contributed by atoms with Gasteiger partial charge in [0.15, 0.2) is 0 Å². The first kappa shape index (κ1) is 13.3. The highest BCUT2D eigenvalue weighted by atomic mass is 79.9. The highest BCUT2D eigenvalue weighted by Gasteiger charge is 2.10. The first-order valence-corrected chi connectivity index (χ1v) is 7.75. The number of aromatic nitrogens is 2. The van der Waals surface area contributed by atoms with Gasteiger partial charge in [0.2, 0.25) is 11.7 Å². The summed E-state index contributed by atoms with van der Waals surface area (Å²) in [6, 6.07) is 10.2. The van der Waals surface area contributed by atoms with Crippen LogP contribution in [0.3, 0.4) is 0 Å². The van der Waals surface area contributed by atoms with Crippen LogP contribution >= 0.6 is 27.3 Å². The molecule has 1 N–H and O–H groups in total. The lowest BCUT2D eigenvalue weighted by atomic mass is 10.2. The van der Waals surface area contributed by atoms with E-state index < -0.39 is 0 Å². The standard InChI is InChI=1S/C14H12BrN3OS/c1-9-2-4-11(5-3-9)16-7-13-17-14(18-19-13)12-6-10(15)8-20-12/h2-6,8,16H,7H2,1H3. The molecule has 102 valence electrons. The van der Waals surface area contributed by atoms with Gasteiger partial charge in [0.05, 0.1) is 11.4 Å². The summed E-state index contributed by atoms with van der Waals surface area (Å²) in [4.78, 5) is 5.36. The predicted octanol–water partition coefficient (Wildman–Crippen LogP) is 4.48. The molecule has 2 aromatic heterocycles. The van der Waals surface area contributed by atoms with Crippen LogP contribution in [0.2, 0.25) is 0 Å². The van der Waals surface area contributed by atoms with Crippen molar-refractivity contribution in [1.82, 2.24) is 10.1 Å². The molecule has 0 radical (unpaired) electrons. The Morgan fingerprint density at radius 2 is 2.10 bits per heavy atom. The van der Waals surface area contributed by atoms with E-state index in [-0.39, 0.29) is 0 Å². The first-order valence-electron chi connectivity index (χ1n) is 6.08. The second-order valence-electron chi connectivity index (χ2n) is 4.36. The van der Waals surface area contributed by atoms with Crippen LogP contribution in [0, 0.1) is 6.92 Å². The summed E-state index contributed by atoms with van der Waals surface area (Å²) in [6.45, 7) is 2.58. The zero-order valence-corrected chi connectivity index (χ0v) is 13.2. The Morgan fingerprint density at radius 3 is 2.80 bits per heavy atom. The minimum absolute atomic E-state index is 0.516. The minimum Gasteiger partial charge on any atom is -0.376 e. The number of thiophene rings is 1. The lowest BCUT2D eigenvalue weighted by Gasteiger charge is -2.02. The van der Waals surface area contributed by atoms with Gasteiger partial charge in [-0.25, -0.2) is 0 Å². The number of hydrogen-bond acceptors (Lipinski definition) is 5. The van der Waals surface area contributed by atoms with Gasteiger partial charge in [-0.2, -0.15) is 4.98 Å². The molecular formula is C14H12BrN3OS. The van der Waals surface area contributed by atoms with Crippen LogP contribution in [0.15, 0.2) is 44.7 Å². The summed E-state index contributed by atoms with van der Waals surface area (Å²) < 4.78 is 6.27. The third-order valence-corrected chi connectivity index (χ3v) is 4.44. The number of anilines is 1. The van der Waals surface area contributed by atoms with E-state index in [9.17, 15) is 0 Å². The van der Waals surface area contributed by atoms with E-state index in [1.807, 2.05) is 23.6 Å². The summed E-state index contributed by atoms with van der Waals surface area (Å²) in [6.07, 6.45) is 0. The molecule has 0 unspecified atom stereocenters. The van der Waals surface area contributed by atoms with E-state index in [2.05, 4.69) is 50.4 Å². The van der Waals surface area contributed by atoms with Crippen molar-refractivity contribution in [2.75, 3.05) is 5.32 Å². The second-order valence-corrected chi connectivity index (χ2v) is 6.19. The number of benzene rings is 1. The number of nitrogens with one attached hydrogen (secondary N) is 1. The molecule has 0 spiro atoms. The summed E-state index contributed by atoms with van der Waals surface area (Å²) in [5, 5.41) is 9.24. The van der Waals surface area contributed by atoms with Gasteiger partial charge in [0.1, 0.15) is 0 Å². The van der Waals surface area contributed by atoms with E-state index in [0.29, 0.717) is 18.3 Å². The molecule has 0 atom stereocenters. The molecular weight excluding hydrogens is 338 g/mol. The predicted molar refractivity (Wildman–Crippen MR) is 83.8 cm³/mol. The molecule has 1 aromatic carbocycles. The monoisotopic (exact) mass is 349 g/mol. The molecule has 20 heavy (non-hydrogen) atoms. The summed E-state index contributed by atoms with van der Waals surface area (Å²) >= 11 is 5.00. The maximum Gasteiger partial charge on any atom is 0.246 e. The fourth-order valence-corrected chi connectivity index (χ4v) is 3.06. The van der Waals surface area contributed by atoms with Crippen molar-refractivity contribution in [1.29, 1.82) is 0 Å². The quantitative estimate of drug-likeness (QED) is 0.754. The number of rotatable bonds is 4. The minimum atomic E-state index is 0.516. The SMILES string of the molecule is Cc1ccc(NCc2nc(-c3cc(Br)cs3)no2)cc1. The van der Waals surface area contributed by atoms with Crippen molar-refractivity contribution in [2.45, 2.75) is 13.5 Å². The maximum atomic E-state index is 5.24. The molecule has 6 heteroatoms. The average molecular weight is 350 g/mol. The highest BCUT2D eigenvalue weighted by molar-refractivity contribution is 9.10. The lowest BCUT2D eigenvalue weighted by molar-refractivity contribution is 0.384. The van der Waals surface area contributed by atoms with E-state index in [1.54, 1.807) is 11.3 Å². The molecule has 2 heterocycles. The van der Waals surface area contributed by atoms with E-state index in [1.165, 1.54) is 5.56 Å². The summed E-state index contributed by atoms with van der Waals surface area (Å²) in [5.74, 6) is 1.20. The normalized spacial score (nSPS) is 10.7. The molecule has 0 amide bonds. The Bertz CT molecular complexity index is 705. The second kappa shape index (κ2) is 5.76. The smallest absolute Gasteiger partial charge is 0.246 e. The van der Waals surface area contributed by atoms with E-state index in [0.717, 1.165) is 15.0 Å². The van der Waals surface area contributed by atoms with Crippen LogP contribution < -0.4 is 5.32 Å². The van der Waals surface area contributed by atoms with Crippen LogP contribution in [-0.4, -0.2) is 10.1 Å².